The summed E-state index contributed by atoms with van der Waals surface area (Å²) in [5.74, 6) is -0.297. The van der Waals surface area contributed by atoms with Gasteiger partial charge in [0.05, 0.1) is 11.3 Å². The lowest BCUT2D eigenvalue weighted by molar-refractivity contribution is -0.119. The van der Waals surface area contributed by atoms with E-state index in [1.54, 1.807) is 24.3 Å². The van der Waals surface area contributed by atoms with E-state index in [0.29, 0.717) is 23.6 Å². The predicted octanol–water partition coefficient (Wildman–Crippen LogP) is 5.41. The largest absolute Gasteiger partial charge is 0.489 e. The first-order chi connectivity index (χ1) is 14.5. The number of amides is 2. The van der Waals surface area contributed by atoms with Crippen LogP contribution in [-0.4, -0.2) is 11.8 Å². The van der Waals surface area contributed by atoms with Gasteiger partial charge in [-0.05, 0) is 60.4 Å². The van der Waals surface area contributed by atoms with Crippen molar-refractivity contribution in [2.24, 2.45) is 0 Å². The average molecular weight is 418 g/mol. The Bertz CT molecular complexity index is 1150. The fourth-order valence-corrected chi connectivity index (χ4v) is 3.59. The molecule has 0 unspecified atom stereocenters. The molecule has 4 nitrogen and oxygen atoms in total. The van der Waals surface area contributed by atoms with Gasteiger partial charge in [-0.2, -0.15) is 0 Å². The number of ether oxygens (including phenoxy) is 1. The first kappa shape index (κ1) is 19.9. The highest BCUT2D eigenvalue weighted by molar-refractivity contribution is 6.60. The fraction of sp³-hybridized carbons (Fsp3) is 0.120. The van der Waals surface area contributed by atoms with Crippen molar-refractivity contribution in [1.82, 2.24) is 0 Å². The summed E-state index contributed by atoms with van der Waals surface area (Å²) >= 11 is 6.29. The van der Waals surface area contributed by atoms with E-state index in [1.165, 1.54) is 0 Å². The summed E-state index contributed by atoms with van der Waals surface area (Å²) in [6.07, 6.45) is 0. The molecular weight excluding hydrogens is 398 g/mol. The Kier molecular flexibility index (Phi) is 5.42. The van der Waals surface area contributed by atoms with Gasteiger partial charge in [-0.3, -0.25) is 9.59 Å². The van der Waals surface area contributed by atoms with Crippen LogP contribution < -0.4 is 9.64 Å². The summed E-state index contributed by atoms with van der Waals surface area (Å²) < 4.78 is 5.77. The van der Waals surface area contributed by atoms with Crippen molar-refractivity contribution in [2.45, 2.75) is 20.5 Å². The topological polar surface area (TPSA) is 46.6 Å². The minimum atomic E-state index is -0.521. The quantitative estimate of drug-likeness (QED) is 0.522. The molecule has 1 heterocycles. The Morgan fingerprint density at radius 2 is 1.53 bits per heavy atom. The van der Waals surface area contributed by atoms with Crippen molar-refractivity contribution >= 4 is 34.7 Å². The summed E-state index contributed by atoms with van der Waals surface area (Å²) in [6.45, 7) is 4.39. The van der Waals surface area contributed by atoms with E-state index in [4.69, 9.17) is 16.3 Å². The molecule has 0 aliphatic carbocycles. The van der Waals surface area contributed by atoms with Crippen molar-refractivity contribution in [3.63, 3.8) is 0 Å². The molecule has 0 atom stereocenters. The molecule has 0 spiro atoms. The molecule has 0 aromatic heterocycles. The third kappa shape index (κ3) is 3.74. The molecule has 0 N–H and O–H groups in total. The highest BCUT2D eigenvalue weighted by Crippen LogP contribution is 2.35. The zero-order valence-electron chi connectivity index (χ0n) is 16.7. The Balaban J connectivity index is 1.54. The summed E-state index contributed by atoms with van der Waals surface area (Å²) in [5.41, 5.74) is 4.52. The fourth-order valence-electron chi connectivity index (χ4n) is 3.32. The maximum absolute atomic E-state index is 13.1. The van der Waals surface area contributed by atoms with Gasteiger partial charge in [-0.25, -0.2) is 4.90 Å². The number of nitrogens with zero attached hydrogens (tertiary/aromatic N) is 1. The molecule has 0 saturated carbocycles. The third-order valence-corrected chi connectivity index (χ3v) is 5.52. The number of aryl methyl sites for hydroxylation is 2. The number of halogens is 1. The molecule has 30 heavy (non-hydrogen) atoms. The Hall–Kier alpha value is -3.37. The maximum Gasteiger partial charge on any atom is 0.277 e. The van der Waals surface area contributed by atoms with E-state index in [1.807, 2.05) is 62.4 Å². The smallest absolute Gasteiger partial charge is 0.277 e. The van der Waals surface area contributed by atoms with Crippen molar-refractivity contribution < 1.29 is 14.3 Å². The lowest BCUT2D eigenvalue weighted by Crippen LogP contribution is -2.31. The number of anilines is 1. The predicted molar refractivity (Wildman–Crippen MR) is 118 cm³/mol. The molecule has 1 aliphatic rings. The summed E-state index contributed by atoms with van der Waals surface area (Å²) in [7, 11) is 0. The van der Waals surface area contributed by atoms with E-state index < -0.39 is 11.8 Å². The minimum Gasteiger partial charge on any atom is -0.489 e. The Labute approximate surface area is 180 Å². The number of imide groups is 1. The number of benzene rings is 3. The first-order valence-electron chi connectivity index (χ1n) is 9.58. The SMILES string of the molecule is Cc1ccc(C2=C(Cl)C(=O)N(c3ccc(OCc4ccccc4)cc3)C2=O)cc1C. The molecule has 3 aromatic rings. The van der Waals surface area contributed by atoms with Crippen LogP contribution in [0.3, 0.4) is 0 Å². The normalized spacial score (nSPS) is 13.9. The third-order valence-electron chi connectivity index (χ3n) is 5.17. The number of carbonyl (C=O) groups is 2. The summed E-state index contributed by atoms with van der Waals surface area (Å²) in [6, 6.07) is 22.3. The van der Waals surface area contributed by atoms with Gasteiger partial charge in [0, 0.05) is 0 Å². The van der Waals surface area contributed by atoms with Crippen molar-refractivity contribution in [3.8, 4) is 5.75 Å². The van der Waals surface area contributed by atoms with E-state index in [2.05, 4.69) is 0 Å². The highest BCUT2D eigenvalue weighted by Gasteiger charge is 2.39. The van der Waals surface area contributed by atoms with E-state index in [-0.39, 0.29) is 10.6 Å². The van der Waals surface area contributed by atoms with Gasteiger partial charge in [-0.15, -0.1) is 0 Å². The molecule has 150 valence electrons. The van der Waals surface area contributed by atoms with Gasteiger partial charge in [0.15, 0.2) is 0 Å². The molecule has 0 fully saturated rings. The van der Waals surface area contributed by atoms with Crippen LogP contribution in [0.25, 0.3) is 5.57 Å². The van der Waals surface area contributed by atoms with Gasteiger partial charge in [0.25, 0.3) is 11.8 Å². The summed E-state index contributed by atoms with van der Waals surface area (Å²) in [4.78, 5) is 26.9. The molecule has 0 radical (unpaired) electrons. The van der Waals surface area contributed by atoms with Gasteiger partial charge in [0.1, 0.15) is 17.4 Å². The van der Waals surface area contributed by atoms with Crippen LogP contribution in [0.4, 0.5) is 5.69 Å². The molecular formula is C25H20ClNO3. The first-order valence-corrected chi connectivity index (χ1v) is 9.96. The Morgan fingerprint density at radius 1 is 0.833 bits per heavy atom. The molecule has 4 rings (SSSR count). The highest BCUT2D eigenvalue weighted by atomic mass is 35.5. The van der Waals surface area contributed by atoms with Crippen LogP contribution in [-0.2, 0) is 16.2 Å². The standard InChI is InChI=1S/C25H20ClNO3/c1-16-8-9-19(14-17(16)2)22-23(26)25(29)27(24(22)28)20-10-12-21(13-11-20)30-15-18-6-4-3-5-7-18/h3-14H,15H2,1-2H3. The molecule has 5 heteroatoms. The van der Waals surface area contributed by atoms with Crippen LogP contribution in [0.2, 0.25) is 0 Å². The number of hydrogen-bond acceptors (Lipinski definition) is 3. The zero-order chi connectivity index (χ0) is 21.3. The zero-order valence-corrected chi connectivity index (χ0v) is 17.4. The van der Waals surface area contributed by atoms with Crippen LogP contribution >= 0.6 is 11.6 Å². The number of carbonyl (C=O) groups excluding carboxylic acids is 2. The number of hydrogen-bond donors (Lipinski definition) is 0. The van der Waals surface area contributed by atoms with Crippen LogP contribution in [0.15, 0.2) is 77.8 Å². The molecule has 2 amide bonds. The summed E-state index contributed by atoms with van der Waals surface area (Å²) in [5, 5.41) is -0.0624. The number of rotatable bonds is 5. The maximum atomic E-state index is 13.1. The monoisotopic (exact) mass is 417 g/mol. The van der Waals surface area contributed by atoms with Gasteiger partial charge < -0.3 is 4.74 Å². The molecule has 1 aliphatic heterocycles. The second-order valence-electron chi connectivity index (χ2n) is 7.20. The lowest BCUT2D eigenvalue weighted by atomic mass is 10.0. The Morgan fingerprint density at radius 3 is 2.20 bits per heavy atom. The second kappa shape index (κ2) is 8.17. The van der Waals surface area contributed by atoms with Crippen LogP contribution in [0.5, 0.6) is 5.75 Å². The van der Waals surface area contributed by atoms with Crippen LogP contribution in [0.1, 0.15) is 22.3 Å². The van der Waals surface area contributed by atoms with E-state index in [9.17, 15) is 9.59 Å². The van der Waals surface area contributed by atoms with Gasteiger partial charge in [0.2, 0.25) is 0 Å². The van der Waals surface area contributed by atoms with Gasteiger partial charge in [-0.1, -0.05) is 60.1 Å². The van der Waals surface area contributed by atoms with Gasteiger partial charge >= 0.3 is 0 Å². The van der Waals surface area contributed by atoms with E-state index >= 15 is 0 Å². The molecule has 0 saturated heterocycles. The second-order valence-corrected chi connectivity index (χ2v) is 7.58. The van der Waals surface area contributed by atoms with Crippen molar-refractivity contribution in [3.05, 3.63) is 100 Å². The van der Waals surface area contributed by atoms with Crippen molar-refractivity contribution in [2.75, 3.05) is 4.90 Å². The molecule has 0 bridgehead atoms. The average Bonchev–Trinajstić information content (AvgIpc) is 2.98. The minimum absolute atomic E-state index is 0.0624. The lowest BCUT2D eigenvalue weighted by Gasteiger charge is -2.16. The van der Waals surface area contributed by atoms with Crippen LogP contribution in [0, 0.1) is 13.8 Å². The van der Waals surface area contributed by atoms with E-state index in [0.717, 1.165) is 21.6 Å². The van der Waals surface area contributed by atoms with Crippen molar-refractivity contribution in [1.29, 1.82) is 0 Å². The molecule has 3 aromatic carbocycles.